The molecule has 2 unspecified atom stereocenters. The van der Waals surface area contributed by atoms with Gasteiger partial charge in [-0.1, -0.05) is 20.3 Å². The van der Waals surface area contributed by atoms with E-state index in [1.807, 2.05) is 0 Å². The van der Waals surface area contributed by atoms with Crippen molar-refractivity contribution < 1.29 is 0 Å². The quantitative estimate of drug-likeness (QED) is 0.546. The molecule has 1 aliphatic rings. The van der Waals surface area contributed by atoms with E-state index in [1.165, 1.54) is 19.4 Å². The molecule has 0 N–H and O–H groups in total. The van der Waals surface area contributed by atoms with Crippen LogP contribution in [0.4, 0.5) is 0 Å². The van der Waals surface area contributed by atoms with Crippen LogP contribution in [0.2, 0.25) is 0 Å². The first-order chi connectivity index (χ1) is 4.25. The summed E-state index contributed by atoms with van der Waals surface area (Å²) < 4.78 is 0. The van der Waals surface area contributed by atoms with Crippen LogP contribution in [0.1, 0.15) is 26.7 Å². The third kappa shape index (κ3) is 1.26. The molecule has 9 heavy (non-hydrogen) atoms. The standard InChI is InChI=1S/C8H17N/c1-4-7(2)8-5-6-9(8)3/h7-8H,4-6H2,1-3H3. The van der Waals surface area contributed by atoms with Crippen LogP contribution in [0.25, 0.3) is 0 Å². The van der Waals surface area contributed by atoms with E-state index in [0.29, 0.717) is 0 Å². The minimum absolute atomic E-state index is 0.898. The molecule has 54 valence electrons. The van der Waals surface area contributed by atoms with Crippen LogP contribution < -0.4 is 0 Å². The Morgan fingerprint density at radius 2 is 2.33 bits per heavy atom. The molecule has 0 aromatic carbocycles. The van der Waals surface area contributed by atoms with Crippen molar-refractivity contribution in [3.63, 3.8) is 0 Å². The summed E-state index contributed by atoms with van der Waals surface area (Å²) in [7, 11) is 2.22. The van der Waals surface area contributed by atoms with Crippen LogP contribution >= 0.6 is 0 Å². The SMILES string of the molecule is CCC(C)C1CCN1C. The summed E-state index contributed by atoms with van der Waals surface area (Å²) in [5, 5.41) is 0. The molecule has 2 atom stereocenters. The zero-order valence-electron chi connectivity index (χ0n) is 6.72. The first-order valence-corrected chi connectivity index (χ1v) is 3.96. The Kier molecular flexibility index (Phi) is 2.12. The summed E-state index contributed by atoms with van der Waals surface area (Å²) in [6.45, 7) is 5.94. The second kappa shape index (κ2) is 2.70. The van der Waals surface area contributed by atoms with Crippen molar-refractivity contribution in [3.8, 4) is 0 Å². The van der Waals surface area contributed by atoms with E-state index in [2.05, 4.69) is 25.8 Å². The Balaban J connectivity index is 2.25. The molecule has 0 aromatic rings. The van der Waals surface area contributed by atoms with Gasteiger partial charge in [-0.3, -0.25) is 0 Å². The van der Waals surface area contributed by atoms with Crippen molar-refractivity contribution >= 4 is 0 Å². The lowest BCUT2D eigenvalue weighted by molar-refractivity contribution is 0.0782. The highest BCUT2D eigenvalue weighted by Crippen LogP contribution is 2.24. The molecule has 1 aliphatic heterocycles. The van der Waals surface area contributed by atoms with Gasteiger partial charge in [0.05, 0.1) is 0 Å². The van der Waals surface area contributed by atoms with E-state index in [-0.39, 0.29) is 0 Å². The minimum atomic E-state index is 0.898. The molecule has 1 heteroatoms. The summed E-state index contributed by atoms with van der Waals surface area (Å²) in [5.41, 5.74) is 0. The largest absolute Gasteiger partial charge is 0.303 e. The van der Waals surface area contributed by atoms with Crippen molar-refractivity contribution in [2.45, 2.75) is 32.7 Å². The van der Waals surface area contributed by atoms with Crippen LogP contribution in [0.3, 0.4) is 0 Å². The fourth-order valence-electron chi connectivity index (χ4n) is 1.53. The van der Waals surface area contributed by atoms with Crippen molar-refractivity contribution in [2.24, 2.45) is 5.92 Å². The molecule has 0 aliphatic carbocycles. The highest BCUT2D eigenvalue weighted by atomic mass is 15.2. The third-order valence-corrected chi connectivity index (χ3v) is 2.64. The van der Waals surface area contributed by atoms with E-state index in [4.69, 9.17) is 0 Å². The second-order valence-corrected chi connectivity index (χ2v) is 3.22. The fraction of sp³-hybridized carbons (Fsp3) is 1.00. The number of rotatable bonds is 2. The van der Waals surface area contributed by atoms with Crippen molar-refractivity contribution in [1.82, 2.24) is 4.90 Å². The normalized spacial score (nSPS) is 31.7. The van der Waals surface area contributed by atoms with Gasteiger partial charge in [0.25, 0.3) is 0 Å². The smallest absolute Gasteiger partial charge is 0.0130 e. The van der Waals surface area contributed by atoms with Gasteiger partial charge in [-0.2, -0.15) is 0 Å². The Bertz CT molecular complexity index is 90.6. The first kappa shape index (κ1) is 7.07. The average Bonchev–Trinajstić information content (AvgIpc) is 1.84. The van der Waals surface area contributed by atoms with Gasteiger partial charge in [-0.25, -0.2) is 0 Å². The maximum absolute atomic E-state index is 2.45. The van der Waals surface area contributed by atoms with E-state index < -0.39 is 0 Å². The van der Waals surface area contributed by atoms with Crippen molar-refractivity contribution in [2.75, 3.05) is 13.6 Å². The zero-order chi connectivity index (χ0) is 6.85. The molecule has 0 aromatic heterocycles. The molecular formula is C8H17N. The van der Waals surface area contributed by atoms with Crippen LogP contribution in [0, 0.1) is 5.92 Å². The predicted octanol–water partition coefficient (Wildman–Crippen LogP) is 1.74. The molecule has 1 nitrogen and oxygen atoms in total. The summed E-state index contributed by atoms with van der Waals surface area (Å²) in [6.07, 6.45) is 2.75. The fourth-order valence-corrected chi connectivity index (χ4v) is 1.53. The lowest BCUT2D eigenvalue weighted by Gasteiger charge is -2.41. The Labute approximate surface area is 58.0 Å². The second-order valence-electron chi connectivity index (χ2n) is 3.22. The molecule has 1 heterocycles. The molecule has 0 amide bonds. The number of likely N-dealkylation sites (tertiary alicyclic amines) is 1. The van der Waals surface area contributed by atoms with Crippen molar-refractivity contribution in [3.05, 3.63) is 0 Å². The highest BCUT2D eigenvalue weighted by Gasteiger charge is 2.27. The number of nitrogens with zero attached hydrogens (tertiary/aromatic N) is 1. The van der Waals surface area contributed by atoms with Crippen LogP contribution in [-0.2, 0) is 0 Å². The molecule has 1 saturated heterocycles. The van der Waals surface area contributed by atoms with Crippen LogP contribution in [0.5, 0.6) is 0 Å². The molecule has 1 fully saturated rings. The maximum Gasteiger partial charge on any atom is 0.0130 e. The van der Waals surface area contributed by atoms with Gasteiger partial charge in [-0.05, 0) is 25.9 Å². The van der Waals surface area contributed by atoms with Gasteiger partial charge in [0.1, 0.15) is 0 Å². The lowest BCUT2D eigenvalue weighted by atomic mass is 9.89. The Hall–Kier alpha value is -0.0400. The summed E-state index contributed by atoms with van der Waals surface area (Å²) in [4.78, 5) is 2.45. The highest BCUT2D eigenvalue weighted by molar-refractivity contribution is 4.83. The van der Waals surface area contributed by atoms with Gasteiger partial charge >= 0.3 is 0 Å². The Morgan fingerprint density at radius 3 is 2.44 bits per heavy atom. The average molecular weight is 127 g/mol. The van der Waals surface area contributed by atoms with Crippen LogP contribution in [0.15, 0.2) is 0 Å². The van der Waals surface area contributed by atoms with E-state index >= 15 is 0 Å². The third-order valence-electron chi connectivity index (χ3n) is 2.64. The van der Waals surface area contributed by atoms with Gasteiger partial charge in [0.2, 0.25) is 0 Å². The lowest BCUT2D eigenvalue weighted by Crippen LogP contribution is -2.48. The summed E-state index contributed by atoms with van der Waals surface area (Å²) in [6, 6.07) is 0.898. The molecule has 1 rings (SSSR count). The maximum atomic E-state index is 2.45. The van der Waals surface area contributed by atoms with Gasteiger partial charge in [0.15, 0.2) is 0 Å². The monoisotopic (exact) mass is 127 g/mol. The molecule has 0 spiro atoms. The zero-order valence-corrected chi connectivity index (χ0v) is 6.72. The number of hydrogen-bond donors (Lipinski definition) is 0. The van der Waals surface area contributed by atoms with Gasteiger partial charge in [0, 0.05) is 6.04 Å². The van der Waals surface area contributed by atoms with E-state index in [9.17, 15) is 0 Å². The van der Waals surface area contributed by atoms with Crippen LogP contribution in [-0.4, -0.2) is 24.5 Å². The Morgan fingerprint density at radius 1 is 1.67 bits per heavy atom. The molecule has 0 radical (unpaired) electrons. The van der Waals surface area contributed by atoms with Gasteiger partial charge in [-0.15, -0.1) is 0 Å². The summed E-state index contributed by atoms with van der Waals surface area (Å²) in [5.74, 6) is 0.906. The minimum Gasteiger partial charge on any atom is -0.303 e. The van der Waals surface area contributed by atoms with E-state index in [1.54, 1.807) is 0 Å². The topological polar surface area (TPSA) is 3.24 Å². The molecular weight excluding hydrogens is 110 g/mol. The number of hydrogen-bond acceptors (Lipinski definition) is 1. The molecule has 0 bridgehead atoms. The summed E-state index contributed by atoms with van der Waals surface area (Å²) >= 11 is 0. The molecule has 0 saturated carbocycles. The van der Waals surface area contributed by atoms with Gasteiger partial charge < -0.3 is 4.90 Å². The first-order valence-electron chi connectivity index (χ1n) is 3.96. The van der Waals surface area contributed by atoms with E-state index in [0.717, 1.165) is 12.0 Å². The predicted molar refractivity (Wildman–Crippen MR) is 40.5 cm³/mol. The van der Waals surface area contributed by atoms with Crippen molar-refractivity contribution in [1.29, 1.82) is 0 Å².